The minimum atomic E-state index is -2.48. The van der Waals surface area contributed by atoms with Crippen LogP contribution in [-0.2, 0) is 13.1 Å². The van der Waals surface area contributed by atoms with E-state index in [1.54, 1.807) is 29.5 Å². The van der Waals surface area contributed by atoms with Gasteiger partial charge in [0, 0.05) is 11.4 Å². The van der Waals surface area contributed by atoms with Gasteiger partial charge in [-0.3, -0.25) is 0 Å². The highest BCUT2D eigenvalue weighted by Crippen LogP contribution is 2.16. The van der Waals surface area contributed by atoms with Gasteiger partial charge in [0.15, 0.2) is 5.96 Å². The van der Waals surface area contributed by atoms with E-state index in [-0.39, 0.29) is 0 Å². The van der Waals surface area contributed by atoms with Crippen LogP contribution in [0.1, 0.15) is 22.9 Å². The number of halogens is 2. The summed E-state index contributed by atoms with van der Waals surface area (Å²) in [6, 6.07) is 9.17. The molecule has 1 heterocycles. The van der Waals surface area contributed by atoms with Crippen molar-refractivity contribution in [1.29, 1.82) is 0 Å². The molecule has 2 rings (SSSR count). The molecule has 0 fully saturated rings. The molecular formula is C18H23F2N3OS. The van der Waals surface area contributed by atoms with Crippen LogP contribution in [0.5, 0.6) is 5.75 Å². The molecule has 0 aliphatic heterocycles. The number of alkyl halides is 2. The van der Waals surface area contributed by atoms with E-state index in [1.165, 1.54) is 10.4 Å². The van der Waals surface area contributed by atoms with E-state index in [9.17, 15) is 8.78 Å². The summed E-state index contributed by atoms with van der Waals surface area (Å²) in [6.45, 7) is 5.40. The van der Waals surface area contributed by atoms with Crippen LogP contribution in [0.3, 0.4) is 0 Å². The first kappa shape index (κ1) is 19.2. The minimum Gasteiger partial charge on any atom is -0.488 e. The number of hydrogen-bond donors (Lipinski definition) is 2. The highest BCUT2D eigenvalue weighted by Gasteiger charge is 2.05. The number of hydrogen-bond acceptors (Lipinski definition) is 3. The first-order chi connectivity index (χ1) is 12.1. The van der Waals surface area contributed by atoms with Gasteiger partial charge in [-0.05, 0) is 48.6 Å². The first-order valence-electron chi connectivity index (χ1n) is 8.13. The fourth-order valence-electron chi connectivity index (χ4n) is 2.15. The molecule has 0 amide bonds. The lowest BCUT2D eigenvalue weighted by Crippen LogP contribution is -2.36. The molecule has 4 nitrogen and oxygen atoms in total. The molecule has 136 valence electrons. The van der Waals surface area contributed by atoms with Crippen LogP contribution in [0.15, 0.2) is 40.7 Å². The maximum Gasteiger partial charge on any atom is 0.272 e. The number of benzene rings is 1. The second-order valence-electron chi connectivity index (χ2n) is 5.43. The topological polar surface area (TPSA) is 45.7 Å². The van der Waals surface area contributed by atoms with Gasteiger partial charge in [-0.15, -0.1) is 11.3 Å². The zero-order valence-electron chi connectivity index (χ0n) is 14.4. The van der Waals surface area contributed by atoms with Crippen molar-refractivity contribution in [3.8, 4) is 5.75 Å². The first-order valence-corrected chi connectivity index (χ1v) is 9.01. The molecule has 0 saturated carbocycles. The van der Waals surface area contributed by atoms with Crippen LogP contribution in [0, 0.1) is 6.92 Å². The molecular weight excluding hydrogens is 344 g/mol. The normalized spacial score (nSPS) is 11.6. The highest BCUT2D eigenvalue weighted by atomic mass is 32.1. The smallest absolute Gasteiger partial charge is 0.272 e. The molecule has 0 aliphatic carbocycles. The third-order valence-corrected chi connectivity index (χ3v) is 4.45. The quantitative estimate of drug-likeness (QED) is 0.548. The van der Waals surface area contributed by atoms with Gasteiger partial charge in [0.1, 0.15) is 12.4 Å². The summed E-state index contributed by atoms with van der Waals surface area (Å²) in [5, 5.41) is 8.58. The Hall–Kier alpha value is -2.15. The number of nitrogens with one attached hydrogen (secondary N) is 2. The second-order valence-corrected chi connectivity index (χ2v) is 6.43. The third kappa shape index (κ3) is 6.70. The van der Waals surface area contributed by atoms with E-state index in [4.69, 9.17) is 4.74 Å². The molecule has 0 aliphatic rings. The van der Waals surface area contributed by atoms with Crippen LogP contribution in [0.4, 0.5) is 8.78 Å². The number of thiophene rings is 1. The monoisotopic (exact) mass is 367 g/mol. The molecule has 0 radical (unpaired) electrons. The van der Waals surface area contributed by atoms with E-state index >= 15 is 0 Å². The Morgan fingerprint density at radius 2 is 2.12 bits per heavy atom. The molecule has 2 N–H and O–H groups in total. The van der Waals surface area contributed by atoms with Crippen LogP contribution in [-0.4, -0.2) is 25.5 Å². The third-order valence-electron chi connectivity index (χ3n) is 3.42. The van der Waals surface area contributed by atoms with E-state index in [0.717, 1.165) is 12.1 Å². The van der Waals surface area contributed by atoms with E-state index in [1.807, 2.05) is 13.0 Å². The Morgan fingerprint density at radius 1 is 1.28 bits per heavy atom. The zero-order valence-corrected chi connectivity index (χ0v) is 15.2. The van der Waals surface area contributed by atoms with E-state index in [2.05, 4.69) is 34.0 Å². The fourth-order valence-corrected chi connectivity index (χ4v) is 3.00. The average Bonchev–Trinajstić information content (AvgIpc) is 3.01. The average molecular weight is 367 g/mol. The molecule has 0 saturated heterocycles. The van der Waals surface area contributed by atoms with Gasteiger partial charge in [-0.1, -0.05) is 12.1 Å². The molecule has 2 aromatic rings. The Kier molecular flexibility index (Phi) is 7.66. The number of aryl methyl sites for hydroxylation is 1. The van der Waals surface area contributed by atoms with Crippen molar-refractivity contribution < 1.29 is 13.5 Å². The van der Waals surface area contributed by atoms with Gasteiger partial charge < -0.3 is 15.4 Å². The van der Waals surface area contributed by atoms with Crippen molar-refractivity contribution >= 4 is 17.3 Å². The van der Waals surface area contributed by atoms with Crippen molar-refractivity contribution in [2.45, 2.75) is 33.4 Å². The summed E-state index contributed by atoms with van der Waals surface area (Å²) in [4.78, 5) is 5.82. The van der Waals surface area contributed by atoms with Crippen LogP contribution < -0.4 is 15.4 Å². The largest absolute Gasteiger partial charge is 0.488 e. The van der Waals surface area contributed by atoms with E-state index < -0.39 is 13.0 Å². The van der Waals surface area contributed by atoms with E-state index in [0.29, 0.717) is 24.8 Å². The predicted molar refractivity (Wildman–Crippen MR) is 98.7 cm³/mol. The SMILES string of the molecule is CCNC(=NCc1cccc(OCC(F)F)c1)NCc1sccc1C. The van der Waals surface area contributed by atoms with Crippen LogP contribution in [0.2, 0.25) is 0 Å². The minimum absolute atomic E-state index is 0.431. The Labute approximate surface area is 150 Å². The van der Waals surface area contributed by atoms with Crippen molar-refractivity contribution in [3.05, 3.63) is 51.7 Å². The Balaban J connectivity index is 1.95. The summed E-state index contributed by atoms with van der Waals surface area (Å²) < 4.78 is 29.5. The standard InChI is InChI=1S/C18H23F2N3OS/c1-3-21-18(23-11-16-13(2)7-8-25-16)22-10-14-5-4-6-15(9-14)24-12-17(19)20/h4-9,17H,3,10-12H2,1-2H3,(H2,21,22,23). The molecule has 1 aromatic heterocycles. The molecule has 0 bridgehead atoms. The lowest BCUT2D eigenvalue weighted by atomic mass is 10.2. The maximum atomic E-state index is 12.2. The molecule has 0 spiro atoms. The van der Waals surface area contributed by atoms with Gasteiger partial charge in [-0.2, -0.15) is 0 Å². The Bertz CT molecular complexity index is 688. The number of nitrogens with zero attached hydrogens (tertiary/aromatic N) is 1. The summed E-state index contributed by atoms with van der Waals surface area (Å²) in [7, 11) is 0. The van der Waals surface area contributed by atoms with Crippen molar-refractivity contribution in [1.82, 2.24) is 10.6 Å². The number of guanidine groups is 1. The number of aliphatic imine (C=N–C) groups is 1. The lowest BCUT2D eigenvalue weighted by Gasteiger charge is -2.11. The lowest BCUT2D eigenvalue weighted by molar-refractivity contribution is 0.0818. The Morgan fingerprint density at radius 3 is 2.80 bits per heavy atom. The molecule has 7 heteroatoms. The van der Waals surface area contributed by atoms with Gasteiger partial charge in [-0.25, -0.2) is 13.8 Å². The predicted octanol–water partition coefficient (Wildman–Crippen LogP) is 3.96. The van der Waals surface area contributed by atoms with Crippen molar-refractivity contribution in [2.75, 3.05) is 13.2 Å². The fraction of sp³-hybridized carbons (Fsp3) is 0.389. The highest BCUT2D eigenvalue weighted by molar-refractivity contribution is 7.10. The van der Waals surface area contributed by atoms with Gasteiger partial charge in [0.2, 0.25) is 0 Å². The van der Waals surface area contributed by atoms with Gasteiger partial charge in [0.05, 0.1) is 13.1 Å². The maximum absolute atomic E-state index is 12.2. The summed E-state index contributed by atoms with van der Waals surface area (Å²) in [5.41, 5.74) is 2.16. The number of rotatable bonds is 8. The number of ether oxygens (including phenoxy) is 1. The van der Waals surface area contributed by atoms with Gasteiger partial charge >= 0.3 is 0 Å². The zero-order chi connectivity index (χ0) is 18.1. The van der Waals surface area contributed by atoms with Crippen LogP contribution in [0.25, 0.3) is 0 Å². The summed E-state index contributed by atoms with van der Waals surface area (Å²) >= 11 is 1.71. The van der Waals surface area contributed by atoms with Crippen molar-refractivity contribution in [2.24, 2.45) is 4.99 Å². The molecule has 0 atom stereocenters. The van der Waals surface area contributed by atoms with Gasteiger partial charge in [0.25, 0.3) is 6.43 Å². The van der Waals surface area contributed by atoms with Crippen LogP contribution >= 0.6 is 11.3 Å². The van der Waals surface area contributed by atoms with Crippen molar-refractivity contribution in [3.63, 3.8) is 0 Å². The summed E-state index contributed by atoms with van der Waals surface area (Å²) in [6.07, 6.45) is -2.48. The summed E-state index contributed by atoms with van der Waals surface area (Å²) in [5.74, 6) is 1.15. The molecule has 1 aromatic carbocycles. The molecule has 25 heavy (non-hydrogen) atoms. The molecule has 0 unspecified atom stereocenters. The second kappa shape index (κ2) is 9.98.